The largest absolute Gasteiger partial charge is 0.311 e. The van der Waals surface area contributed by atoms with Crippen LogP contribution in [0.5, 0.6) is 0 Å². The second-order valence-corrected chi connectivity index (χ2v) is 16.6. The maximum absolute atomic E-state index is 5.64. The number of dihydropyridines is 1. The highest BCUT2D eigenvalue weighted by Crippen LogP contribution is 2.51. The van der Waals surface area contributed by atoms with E-state index in [0.717, 1.165) is 37.1 Å². The van der Waals surface area contributed by atoms with Crippen molar-refractivity contribution < 1.29 is 0 Å². The van der Waals surface area contributed by atoms with Crippen molar-refractivity contribution in [2.45, 2.75) is 37.6 Å². The molecule has 7 heterocycles. The van der Waals surface area contributed by atoms with Crippen LogP contribution in [0.3, 0.4) is 0 Å². The van der Waals surface area contributed by atoms with Crippen molar-refractivity contribution in [2.75, 3.05) is 0 Å². The molecular weight excluding hydrogens is 705 g/mol. The van der Waals surface area contributed by atoms with Gasteiger partial charge in [0.1, 0.15) is 0 Å². The van der Waals surface area contributed by atoms with Crippen LogP contribution in [-0.4, -0.2) is 26.9 Å². The first-order valence-corrected chi connectivity index (χ1v) is 20.8. The zero-order chi connectivity index (χ0) is 37.6. The molecule has 5 aliphatic rings. The molecule has 4 aliphatic heterocycles. The number of hydrogen-bond donors (Lipinski definition) is 0. The number of aromatic nitrogens is 2. The summed E-state index contributed by atoms with van der Waals surface area (Å²) in [7, 11) is 0. The number of nitrogens with zero attached hydrogens (tertiary/aromatic N) is 4. The van der Waals surface area contributed by atoms with E-state index in [0.29, 0.717) is 0 Å². The molecule has 2 atom stereocenters. The Hall–Kier alpha value is -7.04. The van der Waals surface area contributed by atoms with Crippen molar-refractivity contribution >= 4 is 105 Å². The van der Waals surface area contributed by atoms with Gasteiger partial charge < -0.3 is 8.97 Å². The van der Waals surface area contributed by atoms with Crippen LogP contribution in [0.25, 0.3) is 92.8 Å². The molecule has 15 rings (SSSR count). The fraction of sp³-hybridized carbons (Fsp3) is 0.111. The second-order valence-electron chi connectivity index (χ2n) is 16.6. The zero-order valence-corrected chi connectivity index (χ0v) is 31.8. The molecule has 0 spiro atoms. The summed E-state index contributed by atoms with van der Waals surface area (Å²) in [6.45, 7) is 0. The average molecular weight is 741 g/mol. The number of fused-ring (bicyclic) bond motifs is 10. The second kappa shape index (κ2) is 11.3. The topological polar surface area (TPSA) is 34.1 Å². The van der Waals surface area contributed by atoms with Gasteiger partial charge in [-0.15, -0.1) is 0 Å². The Kier molecular flexibility index (Phi) is 6.06. The summed E-state index contributed by atoms with van der Waals surface area (Å²) < 4.78 is 5.27. The van der Waals surface area contributed by atoms with Crippen LogP contribution in [0.2, 0.25) is 0 Å². The van der Waals surface area contributed by atoms with Gasteiger partial charge in [-0.05, 0) is 100 Å². The molecule has 0 fully saturated rings. The van der Waals surface area contributed by atoms with E-state index in [9.17, 15) is 0 Å². The minimum Gasteiger partial charge on any atom is -0.311 e. The molecule has 0 amide bonds. The van der Waals surface area contributed by atoms with Gasteiger partial charge in [0.15, 0.2) is 0 Å². The minimum atomic E-state index is -0.0761. The van der Waals surface area contributed by atoms with Gasteiger partial charge in [-0.3, -0.25) is 9.98 Å². The van der Waals surface area contributed by atoms with E-state index < -0.39 is 0 Å². The summed E-state index contributed by atoms with van der Waals surface area (Å²) in [5.74, 6) is 0.153. The number of benzene rings is 7. The van der Waals surface area contributed by atoms with Crippen LogP contribution in [0.4, 0.5) is 0 Å². The summed E-state index contributed by atoms with van der Waals surface area (Å²) in [5, 5.41) is 13.1. The molecule has 3 aromatic heterocycles. The van der Waals surface area contributed by atoms with Gasteiger partial charge in [-0.1, -0.05) is 115 Å². The molecule has 0 saturated heterocycles. The molecule has 4 nitrogen and oxygen atoms in total. The predicted molar refractivity (Wildman–Crippen MR) is 245 cm³/mol. The lowest BCUT2D eigenvalue weighted by molar-refractivity contribution is 0.585. The van der Waals surface area contributed by atoms with E-state index in [4.69, 9.17) is 9.98 Å². The summed E-state index contributed by atoms with van der Waals surface area (Å²) in [5.41, 5.74) is 15.2. The van der Waals surface area contributed by atoms with Crippen LogP contribution >= 0.6 is 0 Å². The molecule has 272 valence electrons. The maximum atomic E-state index is 5.64. The molecule has 58 heavy (non-hydrogen) atoms. The number of allylic oxidation sites excluding steroid dienone is 6. The number of rotatable bonds is 1. The van der Waals surface area contributed by atoms with Crippen molar-refractivity contribution in [2.24, 2.45) is 9.98 Å². The lowest BCUT2D eigenvalue weighted by Crippen LogP contribution is -2.29. The Morgan fingerprint density at radius 2 is 1.34 bits per heavy atom. The number of para-hydroxylation sites is 2. The normalized spacial score (nSPS) is 19.2. The monoisotopic (exact) mass is 740 g/mol. The third-order valence-corrected chi connectivity index (χ3v) is 13.9. The van der Waals surface area contributed by atoms with E-state index in [-0.39, 0.29) is 12.0 Å². The highest BCUT2D eigenvalue weighted by molar-refractivity contribution is 6.39. The van der Waals surface area contributed by atoms with E-state index in [1.54, 1.807) is 0 Å². The van der Waals surface area contributed by atoms with Gasteiger partial charge in [0.05, 0.1) is 45.0 Å². The molecule has 1 aliphatic carbocycles. The summed E-state index contributed by atoms with van der Waals surface area (Å²) >= 11 is 0. The first-order valence-electron chi connectivity index (χ1n) is 20.8. The smallest absolute Gasteiger partial charge is 0.0988 e. The fourth-order valence-electron chi connectivity index (χ4n) is 11.5. The van der Waals surface area contributed by atoms with Crippen molar-refractivity contribution in [1.82, 2.24) is 8.97 Å². The molecule has 2 unspecified atom stereocenters. The van der Waals surface area contributed by atoms with Gasteiger partial charge in [0, 0.05) is 55.7 Å². The van der Waals surface area contributed by atoms with Gasteiger partial charge in [-0.2, -0.15) is 0 Å². The van der Waals surface area contributed by atoms with Crippen LogP contribution in [0, 0.1) is 0 Å². The summed E-state index contributed by atoms with van der Waals surface area (Å²) in [4.78, 5) is 10.9. The molecule has 4 heteroatoms. The SMILES string of the molecule is C1=CC2=NC(c3ccccc3)=C3CCC(c4cccc5cc6c7cccc8c9c%10ccccc%10c%10c%11ccccc%11n(c%10c9n(c6cc45)c78)C4=CC=C3CC4)C2N=C1. The van der Waals surface area contributed by atoms with Crippen molar-refractivity contribution in [3.8, 4) is 0 Å². The van der Waals surface area contributed by atoms with E-state index in [1.165, 1.54) is 109 Å². The predicted octanol–water partition coefficient (Wildman–Crippen LogP) is 13.6. The first kappa shape index (κ1) is 31.1. The van der Waals surface area contributed by atoms with Crippen molar-refractivity contribution in [3.63, 3.8) is 0 Å². The fourth-order valence-corrected chi connectivity index (χ4v) is 11.5. The Morgan fingerprint density at radius 1 is 0.569 bits per heavy atom. The lowest BCUT2D eigenvalue weighted by atomic mass is 9.78. The Bertz CT molecular complexity index is 3670. The zero-order valence-electron chi connectivity index (χ0n) is 31.8. The van der Waals surface area contributed by atoms with Gasteiger partial charge >= 0.3 is 0 Å². The number of hydrogen-bond acceptors (Lipinski definition) is 2. The van der Waals surface area contributed by atoms with Crippen LogP contribution in [0.1, 0.15) is 42.7 Å². The van der Waals surface area contributed by atoms with Crippen molar-refractivity contribution in [3.05, 3.63) is 174 Å². The van der Waals surface area contributed by atoms with Crippen molar-refractivity contribution in [1.29, 1.82) is 0 Å². The Balaban J connectivity index is 1.23. The standard InChI is InChI=1S/C54H36N4/c1-2-11-32(12-3-1)50-35-26-27-39(51-45(56-50)20-10-28-55-51)36-17-8-13-33-29-44-40-18-9-19-42-49-38-15-5-4-14-37(38)48-41-16-6-7-21-46(41)57(34-24-22-31(35)23-25-34)53(48)54(49)58(52(40)42)47(44)30-43(33)36/h1-22,24,28-30,39,51H,23,25-27H2. The maximum Gasteiger partial charge on any atom is 0.0988 e. The molecule has 0 saturated carbocycles. The van der Waals surface area contributed by atoms with E-state index in [2.05, 4.69) is 161 Å². The molecule has 10 aromatic rings. The summed E-state index contributed by atoms with van der Waals surface area (Å²) in [6.07, 6.45) is 14.9. The van der Waals surface area contributed by atoms with E-state index in [1.807, 2.05) is 6.21 Å². The summed E-state index contributed by atoms with van der Waals surface area (Å²) in [6, 6.07) is 47.9. The van der Waals surface area contributed by atoms with Gasteiger partial charge in [0.25, 0.3) is 0 Å². The quantitative estimate of drug-likeness (QED) is 0.161. The number of aliphatic imine (C=N–C) groups is 2. The van der Waals surface area contributed by atoms with E-state index >= 15 is 0 Å². The molecule has 0 N–H and O–H groups in total. The minimum absolute atomic E-state index is 0.0761. The Labute approximate surface area is 334 Å². The average Bonchev–Trinajstić information content (AvgIpc) is 3.92. The Morgan fingerprint density at radius 3 is 2.21 bits per heavy atom. The third kappa shape index (κ3) is 3.94. The van der Waals surface area contributed by atoms with Crippen LogP contribution < -0.4 is 0 Å². The molecule has 7 aromatic carbocycles. The molecule has 6 bridgehead atoms. The van der Waals surface area contributed by atoms with Crippen LogP contribution in [0.15, 0.2) is 173 Å². The first-order chi connectivity index (χ1) is 28.8. The molecule has 0 radical (unpaired) electrons. The highest BCUT2D eigenvalue weighted by atomic mass is 15.0. The van der Waals surface area contributed by atoms with Gasteiger partial charge in [-0.25, -0.2) is 0 Å². The molecular formula is C54H36N4. The lowest BCUT2D eigenvalue weighted by Gasteiger charge is -2.31. The van der Waals surface area contributed by atoms with Gasteiger partial charge in [0.2, 0.25) is 0 Å². The van der Waals surface area contributed by atoms with Crippen LogP contribution in [-0.2, 0) is 0 Å². The highest BCUT2D eigenvalue weighted by Gasteiger charge is 2.33. The third-order valence-electron chi connectivity index (χ3n) is 13.9.